The average Bonchev–Trinajstić information content (AvgIpc) is 2.33. The molecule has 0 aliphatic carbocycles. The van der Waals surface area contributed by atoms with Gasteiger partial charge in [0.05, 0.1) is 15.2 Å². The number of benzene rings is 2. The van der Waals surface area contributed by atoms with Crippen molar-refractivity contribution in [1.29, 1.82) is 0 Å². The van der Waals surface area contributed by atoms with Crippen LogP contribution in [-0.4, -0.2) is 5.91 Å². The second-order valence-electron chi connectivity index (χ2n) is 4.07. The number of hydrogen-bond acceptors (Lipinski definition) is 1. The Balaban J connectivity index is 2.28. The smallest absolute Gasteiger partial charge is 0.255 e. The van der Waals surface area contributed by atoms with Gasteiger partial charge in [0.25, 0.3) is 5.91 Å². The van der Waals surface area contributed by atoms with Crippen LogP contribution in [0, 0.1) is 6.92 Å². The van der Waals surface area contributed by atoms with Crippen molar-refractivity contribution >= 4 is 55.1 Å². The van der Waals surface area contributed by atoms with Crippen molar-refractivity contribution in [3.8, 4) is 0 Å². The molecular formula is C14H10Br2ClNO. The molecular weight excluding hydrogens is 393 g/mol. The number of hydrogen-bond donors (Lipinski definition) is 1. The third-order valence-corrected chi connectivity index (χ3v) is 4.36. The van der Waals surface area contributed by atoms with Crippen LogP contribution in [0.2, 0.25) is 5.02 Å². The Morgan fingerprint density at radius 3 is 2.63 bits per heavy atom. The highest BCUT2D eigenvalue weighted by Crippen LogP contribution is 2.30. The fraction of sp³-hybridized carbons (Fsp3) is 0.0714. The summed E-state index contributed by atoms with van der Waals surface area (Å²) in [5.41, 5.74) is 2.26. The third kappa shape index (κ3) is 3.59. The topological polar surface area (TPSA) is 29.1 Å². The third-order valence-electron chi connectivity index (χ3n) is 2.50. The van der Waals surface area contributed by atoms with Crippen molar-refractivity contribution in [1.82, 2.24) is 0 Å². The standard InChI is InChI=1S/C14H10Br2ClNO/c1-8-5-9(7-10(15)6-8)14(19)18-12-4-2-3-11(17)13(12)16/h2-7H,1H3,(H,18,19). The van der Waals surface area contributed by atoms with E-state index >= 15 is 0 Å². The van der Waals surface area contributed by atoms with E-state index in [0.29, 0.717) is 20.7 Å². The van der Waals surface area contributed by atoms with E-state index in [-0.39, 0.29) is 5.91 Å². The van der Waals surface area contributed by atoms with Crippen molar-refractivity contribution in [2.24, 2.45) is 0 Å². The number of carbonyl (C=O) groups excluding carboxylic acids is 1. The Labute approximate surface area is 133 Å². The average molecular weight is 404 g/mol. The van der Waals surface area contributed by atoms with Gasteiger partial charge < -0.3 is 5.32 Å². The number of rotatable bonds is 2. The van der Waals surface area contributed by atoms with Crippen LogP contribution in [-0.2, 0) is 0 Å². The number of carbonyl (C=O) groups is 1. The normalized spacial score (nSPS) is 10.3. The minimum Gasteiger partial charge on any atom is -0.321 e. The lowest BCUT2D eigenvalue weighted by atomic mass is 10.1. The van der Waals surface area contributed by atoms with Gasteiger partial charge in [0.2, 0.25) is 0 Å². The highest BCUT2D eigenvalue weighted by molar-refractivity contribution is 9.11. The second kappa shape index (κ2) is 6.07. The van der Waals surface area contributed by atoms with Gasteiger partial charge in [-0.15, -0.1) is 0 Å². The van der Waals surface area contributed by atoms with E-state index in [9.17, 15) is 4.79 Å². The second-order valence-corrected chi connectivity index (χ2v) is 6.19. The summed E-state index contributed by atoms with van der Waals surface area (Å²) < 4.78 is 1.56. The molecule has 0 spiro atoms. The predicted octanol–water partition coefficient (Wildman–Crippen LogP) is 5.43. The molecule has 1 N–H and O–H groups in total. The lowest BCUT2D eigenvalue weighted by Gasteiger charge is -2.09. The molecule has 98 valence electrons. The van der Waals surface area contributed by atoms with E-state index in [4.69, 9.17) is 11.6 Å². The summed E-state index contributed by atoms with van der Waals surface area (Å²) in [6, 6.07) is 10.9. The van der Waals surface area contributed by atoms with Crippen LogP contribution in [0.3, 0.4) is 0 Å². The first-order valence-electron chi connectivity index (χ1n) is 5.50. The Morgan fingerprint density at radius 1 is 1.21 bits per heavy atom. The Kier molecular flexibility index (Phi) is 4.66. The molecule has 2 rings (SSSR count). The van der Waals surface area contributed by atoms with Gasteiger partial charge in [-0.3, -0.25) is 4.79 Å². The minimum absolute atomic E-state index is 0.174. The molecule has 0 fully saturated rings. The first kappa shape index (κ1) is 14.6. The lowest BCUT2D eigenvalue weighted by Crippen LogP contribution is -2.12. The Morgan fingerprint density at radius 2 is 1.95 bits per heavy atom. The summed E-state index contributed by atoms with van der Waals surface area (Å²) in [5, 5.41) is 3.39. The summed E-state index contributed by atoms with van der Waals surface area (Å²) in [6.07, 6.45) is 0. The van der Waals surface area contributed by atoms with Crippen LogP contribution >= 0.6 is 43.5 Å². The molecule has 19 heavy (non-hydrogen) atoms. The van der Waals surface area contributed by atoms with Crippen molar-refractivity contribution in [2.45, 2.75) is 6.92 Å². The van der Waals surface area contributed by atoms with E-state index in [2.05, 4.69) is 37.2 Å². The number of anilines is 1. The van der Waals surface area contributed by atoms with Crippen LogP contribution in [0.15, 0.2) is 45.3 Å². The van der Waals surface area contributed by atoms with Crippen LogP contribution in [0.1, 0.15) is 15.9 Å². The van der Waals surface area contributed by atoms with Gasteiger partial charge in [0.15, 0.2) is 0 Å². The van der Waals surface area contributed by atoms with Crippen LogP contribution in [0.4, 0.5) is 5.69 Å². The highest BCUT2D eigenvalue weighted by Gasteiger charge is 2.10. The zero-order valence-corrected chi connectivity index (χ0v) is 13.9. The van der Waals surface area contributed by atoms with E-state index in [1.54, 1.807) is 24.3 Å². The monoisotopic (exact) mass is 401 g/mol. The maximum Gasteiger partial charge on any atom is 0.255 e. The molecule has 0 aliphatic heterocycles. The molecule has 0 aliphatic rings. The Hall–Kier alpha value is -0.840. The van der Waals surface area contributed by atoms with Gasteiger partial charge in [-0.2, -0.15) is 0 Å². The summed E-state index contributed by atoms with van der Waals surface area (Å²) in [6.45, 7) is 1.94. The summed E-state index contributed by atoms with van der Waals surface area (Å²) in [7, 11) is 0. The summed E-state index contributed by atoms with van der Waals surface area (Å²) in [4.78, 5) is 12.2. The number of amides is 1. The van der Waals surface area contributed by atoms with Gasteiger partial charge in [-0.25, -0.2) is 0 Å². The minimum atomic E-state index is -0.174. The van der Waals surface area contributed by atoms with Crippen molar-refractivity contribution in [2.75, 3.05) is 5.32 Å². The highest BCUT2D eigenvalue weighted by atomic mass is 79.9. The quantitative estimate of drug-likeness (QED) is 0.712. The van der Waals surface area contributed by atoms with Gasteiger partial charge in [0.1, 0.15) is 0 Å². The molecule has 0 bridgehead atoms. The maximum atomic E-state index is 12.2. The van der Waals surface area contributed by atoms with E-state index in [0.717, 1.165) is 10.0 Å². The van der Waals surface area contributed by atoms with Crippen molar-refractivity contribution in [3.63, 3.8) is 0 Å². The maximum absolute atomic E-state index is 12.2. The Bertz CT molecular complexity index is 623. The fourth-order valence-corrected chi connectivity index (χ4v) is 2.81. The molecule has 0 saturated heterocycles. The molecule has 0 atom stereocenters. The van der Waals surface area contributed by atoms with E-state index < -0.39 is 0 Å². The van der Waals surface area contributed by atoms with Gasteiger partial charge in [-0.1, -0.05) is 33.6 Å². The molecule has 0 saturated carbocycles. The molecule has 2 aromatic rings. The first-order valence-corrected chi connectivity index (χ1v) is 7.46. The van der Waals surface area contributed by atoms with E-state index in [1.807, 2.05) is 19.1 Å². The zero-order valence-electron chi connectivity index (χ0n) is 10.0. The van der Waals surface area contributed by atoms with Crippen LogP contribution in [0.25, 0.3) is 0 Å². The number of halogens is 3. The molecule has 0 unspecified atom stereocenters. The summed E-state index contributed by atoms with van der Waals surface area (Å²) >= 11 is 12.7. The fourth-order valence-electron chi connectivity index (χ4n) is 1.66. The SMILES string of the molecule is Cc1cc(Br)cc(C(=O)Nc2cccc(Cl)c2Br)c1. The van der Waals surface area contributed by atoms with E-state index in [1.165, 1.54) is 0 Å². The number of aryl methyl sites for hydroxylation is 1. The lowest BCUT2D eigenvalue weighted by molar-refractivity contribution is 0.102. The molecule has 0 radical (unpaired) electrons. The molecule has 2 aromatic carbocycles. The van der Waals surface area contributed by atoms with Crippen LogP contribution in [0.5, 0.6) is 0 Å². The number of nitrogens with one attached hydrogen (secondary N) is 1. The van der Waals surface area contributed by atoms with Gasteiger partial charge in [-0.05, 0) is 58.7 Å². The molecule has 0 heterocycles. The first-order chi connectivity index (χ1) is 8.97. The predicted molar refractivity (Wildman–Crippen MR) is 86.0 cm³/mol. The van der Waals surface area contributed by atoms with Gasteiger partial charge in [0, 0.05) is 10.0 Å². The van der Waals surface area contributed by atoms with Crippen LogP contribution < -0.4 is 5.32 Å². The molecule has 5 heteroatoms. The molecule has 2 nitrogen and oxygen atoms in total. The van der Waals surface area contributed by atoms with Crippen molar-refractivity contribution in [3.05, 3.63) is 61.5 Å². The zero-order chi connectivity index (χ0) is 14.0. The summed E-state index contributed by atoms with van der Waals surface area (Å²) in [5.74, 6) is -0.174. The molecule has 1 amide bonds. The van der Waals surface area contributed by atoms with Gasteiger partial charge >= 0.3 is 0 Å². The largest absolute Gasteiger partial charge is 0.321 e. The molecule has 0 aromatic heterocycles. The van der Waals surface area contributed by atoms with Crippen molar-refractivity contribution < 1.29 is 4.79 Å².